The van der Waals surface area contributed by atoms with Gasteiger partial charge in [-0.3, -0.25) is 9.59 Å². The molecule has 10 heteroatoms. The van der Waals surface area contributed by atoms with Crippen molar-refractivity contribution in [2.75, 3.05) is 18.2 Å². The van der Waals surface area contributed by atoms with E-state index in [1.165, 1.54) is 24.9 Å². The fourth-order valence-corrected chi connectivity index (χ4v) is 4.00. The zero-order chi connectivity index (χ0) is 23.3. The molecule has 2 radical (unpaired) electrons. The molecule has 0 aliphatic carbocycles. The summed E-state index contributed by atoms with van der Waals surface area (Å²) in [6, 6.07) is 4.23. The number of nitrogens with one attached hydrogen (secondary N) is 2. The zero-order valence-electron chi connectivity index (χ0n) is 18.0. The van der Waals surface area contributed by atoms with Crippen LogP contribution in [0.4, 0.5) is 5.69 Å². The van der Waals surface area contributed by atoms with Crippen LogP contribution in [0.25, 0.3) is 0 Å². The summed E-state index contributed by atoms with van der Waals surface area (Å²) in [4.78, 5) is 26.0. The van der Waals surface area contributed by atoms with Crippen LogP contribution < -0.4 is 16.1 Å². The number of allylic oxidation sites excluding steroid dienone is 1. The van der Waals surface area contributed by atoms with Gasteiger partial charge in [0.05, 0.1) is 5.69 Å². The van der Waals surface area contributed by atoms with E-state index in [-0.39, 0.29) is 11.2 Å². The number of carbonyl (C=O) groups excluding carboxylic acids is 2. The molecule has 2 rings (SSSR count). The summed E-state index contributed by atoms with van der Waals surface area (Å²) >= 11 is 1.31. The van der Waals surface area contributed by atoms with Crippen molar-refractivity contribution in [1.29, 1.82) is 0 Å². The summed E-state index contributed by atoms with van der Waals surface area (Å²) in [6.45, 7) is 5.73. The van der Waals surface area contributed by atoms with E-state index in [0.717, 1.165) is 0 Å². The van der Waals surface area contributed by atoms with Crippen molar-refractivity contribution in [2.45, 2.75) is 56.1 Å². The number of methoxy groups -OCH3 is 1. The Morgan fingerprint density at radius 2 is 2.00 bits per heavy atom. The number of anilines is 1. The molecule has 0 saturated heterocycles. The molecule has 0 fully saturated rings. The molecule has 5 atom stereocenters. The van der Waals surface area contributed by atoms with E-state index in [0.29, 0.717) is 16.0 Å². The van der Waals surface area contributed by atoms with Crippen molar-refractivity contribution in [3.63, 3.8) is 0 Å². The van der Waals surface area contributed by atoms with E-state index in [2.05, 4.69) is 10.6 Å². The van der Waals surface area contributed by atoms with Crippen LogP contribution in [0.5, 0.6) is 0 Å². The largest absolute Gasteiger partial charge is 0.387 e. The van der Waals surface area contributed by atoms with Gasteiger partial charge in [0.1, 0.15) is 32.2 Å². The second-order valence-electron chi connectivity index (χ2n) is 8.44. The van der Waals surface area contributed by atoms with E-state index in [9.17, 15) is 24.9 Å². The van der Waals surface area contributed by atoms with Crippen molar-refractivity contribution in [1.82, 2.24) is 5.32 Å². The van der Waals surface area contributed by atoms with Crippen molar-refractivity contribution >= 4 is 42.6 Å². The normalized spacial score (nSPS) is 20.9. The van der Waals surface area contributed by atoms with Crippen LogP contribution in [-0.2, 0) is 14.3 Å². The van der Waals surface area contributed by atoms with Gasteiger partial charge in [0.25, 0.3) is 5.91 Å². The number of rotatable bonds is 7. The minimum atomic E-state index is -1.72. The molecule has 1 aliphatic heterocycles. The van der Waals surface area contributed by atoms with Gasteiger partial charge in [-0.05, 0) is 11.5 Å². The maximum Gasteiger partial charge on any atom is 0.252 e. The lowest BCUT2D eigenvalue weighted by atomic mass is 9.94. The highest BCUT2D eigenvalue weighted by molar-refractivity contribution is 7.99. The van der Waals surface area contributed by atoms with Gasteiger partial charge in [-0.15, -0.1) is 11.8 Å². The van der Waals surface area contributed by atoms with E-state index >= 15 is 0 Å². The van der Waals surface area contributed by atoms with Crippen LogP contribution >= 0.6 is 11.8 Å². The molecule has 31 heavy (non-hydrogen) atoms. The molecule has 5 N–H and O–H groups in total. The SMILES string of the molecule is [B]c1cccc2c1SCC(NC(=O)[C@H](OC)[C@H](O)[C@@H](O)[C@H](O)/C=C/C(C)(C)C)C(=O)N2. The number of hydrogen-bond donors (Lipinski definition) is 5. The number of carbonyl (C=O) groups is 2. The molecular weight excluding hydrogens is 419 g/mol. The highest BCUT2D eigenvalue weighted by Crippen LogP contribution is 2.28. The fourth-order valence-electron chi connectivity index (χ4n) is 2.92. The number of fused-ring (bicyclic) bond motifs is 1. The monoisotopic (exact) mass is 448 g/mol. The zero-order valence-corrected chi connectivity index (χ0v) is 18.8. The summed E-state index contributed by atoms with van der Waals surface area (Å²) in [7, 11) is 7.15. The highest BCUT2D eigenvalue weighted by Gasteiger charge is 2.37. The van der Waals surface area contributed by atoms with Crippen LogP contribution in [0, 0.1) is 5.41 Å². The van der Waals surface area contributed by atoms with Crippen LogP contribution in [0.15, 0.2) is 35.2 Å². The molecule has 0 saturated carbocycles. The van der Waals surface area contributed by atoms with Crippen LogP contribution in [-0.4, -0.2) is 78.3 Å². The van der Waals surface area contributed by atoms with Crippen LogP contribution in [0.2, 0.25) is 0 Å². The van der Waals surface area contributed by atoms with Gasteiger partial charge < -0.3 is 30.7 Å². The average Bonchev–Trinajstić information content (AvgIpc) is 2.85. The van der Waals surface area contributed by atoms with Gasteiger partial charge in [0.2, 0.25) is 5.91 Å². The summed E-state index contributed by atoms with van der Waals surface area (Å²) < 4.78 is 5.06. The Hall–Kier alpha value is -1.85. The Morgan fingerprint density at radius 3 is 2.61 bits per heavy atom. The first kappa shape index (κ1) is 25.4. The van der Waals surface area contributed by atoms with E-state index in [1.807, 2.05) is 20.8 Å². The van der Waals surface area contributed by atoms with Gasteiger partial charge in [-0.2, -0.15) is 0 Å². The average molecular weight is 448 g/mol. The third-order valence-corrected chi connectivity index (χ3v) is 5.89. The summed E-state index contributed by atoms with van der Waals surface area (Å²) in [6.07, 6.45) is -3.26. The molecule has 2 amide bonds. The quantitative estimate of drug-likeness (QED) is 0.287. The number of ether oxygens (including phenoxy) is 1. The van der Waals surface area contributed by atoms with Crippen LogP contribution in [0.1, 0.15) is 20.8 Å². The van der Waals surface area contributed by atoms with E-state index in [4.69, 9.17) is 12.6 Å². The predicted octanol–water partition coefficient (Wildman–Crippen LogP) is -0.291. The number of amides is 2. The Balaban J connectivity index is 2.06. The molecular formula is C21H29BN2O6S. The number of thioether (sulfide) groups is 1. The number of aliphatic hydroxyl groups excluding tert-OH is 3. The standard InChI is InChI=1S/C21H29BN2O6S/c1-21(2,3)9-8-14(25)15(26)16(27)17(30-4)20(29)24-13-10-31-18-11(22)6-5-7-12(18)23-19(13)28/h5-9,13-17,25-27H,10H2,1-4H3,(H,23,28)(H,24,29)/b9-8+/t13?,14-,15+,16-,17-/m1/s1. The Morgan fingerprint density at radius 1 is 1.32 bits per heavy atom. The maximum atomic E-state index is 12.7. The van der Waals surface area contributed by atoms with E-state index in [1.54, 1.807) is 24.3 Å². The number of aliphatic hydroxyl groups is 3. The third-order valence-electron chi connectivity index (χ3n) is 4.65. The highest BCUT2D eigenvalue weighted by atomic mass is 32.2. The topological polar surface area (TPSA) is 128 Å². The lowest BCUT2D eigenvalue weighted by Crippen LogP contribution is -2.55. The number of benzene rings is 1. The van der Waals surface area contributed by atoms with Crippen molar-refractivity contribution in [3.05, 3.63) is 30.4 Å². The second-order valence-corrected chi connectivity index (χ2v) is 9.47. The lowest BCUT2D eigenvalue weighted by Gasteiger charge is -2.28. The van der Waals surface area contributed by atoms with Gasteiger partial charge in [-0.1, -0.05) is 50.5 Å². The lowest BCUT2D eigenvalue weighted by molar-refractivity contribution is -0.150. The Labute approximate surface area is 187 Å². The minimum Gasteiger partial charge on any atom is -0.387 e. The molecule has 1 aromatic rings. The van der Waals surface area contributed by atoms with Crippen molar-refractivity contribution in [2.24, 2.45) is 5.41 Å². The third kappa shape index (κ3) is 6.82. The maximum absolute atomic E-state index is 12.7. The summed E-state index contributed by atoms with van der Waals surface area (Å²) in [5.41, 5.74) is 0.828. The molecule has 0 aromatic heterocycles. The van der Waals surface area contributed by atoms with Crippen molar-refractivity contribution < 1.29 is 29.6 Å². The second kappa shape index (κ2) is 10.6. The molecule has 8 nitrogen and oxygen atoms in total. The van der Waals surface area contributed by atoms with Gasteiger partial charge in [-0.25, -0.2) is 0 Å². The smallest absolute Gasteiger partial charge is 0.252 e. The van der Waals surface area contributed by atoms with E-state index < -0.39 is 42.3 Å². The molecule has 1 heterocycles. The first-order valence-corrected chi connectivity index (χ1v) is 10.8. The Bertz CT molecular complexity index is 829. The molecule has 1 aromatic carbocycles. The first-order chi connectivity index (χ1) is 14.4. The Kier molecular flexibility index (Phi) is 8.73. The molecule has 1 aliphatic rings. The molecule has 0 spiro atoms. The fraction of sp³-hybridized carbons (Fsp3) is 0.524. The first-order valence-electron chi connectivity index (χ1n) is 9.83. The molecule has 1 unspecified atom stereocenters. The minimum absolute atomic E-state index is 0.213. The van der Waals surface area contributed by atoms with Crippen LogP contribution in [0.3, 0.4) is 0 Å². The van der Waals surface area contributed by atoms with Gasteiger partial charge >= 0.3 is 0 Å². The van der Waals surface area contributed by atoms with Gasteiger partial charge in [0.15, 0.2) is 6.10 Å². The van der Waals surface area contributed by atoms with Crippen molar-refractivity contribution in [3.8, 4) is 0 Å². The number of hydrogen-bond acceptors (Lipinski definition) is 7. The van der Waals surface area contributed by atoms with Gasteiger partial charge in [0, 0.05) is 17.8 Å². The summed E-state index contributed by atoms with van der Waals surface area (Å²) in [5.74, 6) is -1.02. The molecule has 0 bridgehead atoms. The summed E-state index contributed by atoms with van der Waals surface area (Å²) in [5, 5.41) is 36.1. The molecule has 168 valence electrons. The predicted molar refractivity (Wildman–Crippen MR) is 121 cm³/mol.